The number of hydrogen-bond donors (Lipinski definition) is 1. The second-order valence-corrected chi connectivity index (χ2v) is 8.20. The first-order chi connectivity index (χ1) is 9.47. The second-order valence-electron chi connectivity index (χ2n) is 6.16. The monoisotopic (exact) mass is 304 g/mol. The minimum absolute atomic E-state index is 0.0659. The van der Waals surface area contributed by atoms with Crippen molar-refractivity contribution in [2.75, 3.05) is 18.8 Å². The first-order valence-electron chi connectivity index (χ1n) is 8.20. The van der Waals surface area contributed by atoms with E-state index in [1.54, 1.807) is 4.31 Å². The van der Waals surface area contributed by atoms with Crippen LogP contribution in [-0.2, 0) is 10.0 Å². The molecule has 1 saturated heterocycles. The molecule has 0 aromatic rings. The summed E-state index contributed by atoms with van der Waals surface area (Å²) in [6, 6.07) is 0.458. The van der Waals surface area contributed by atoms with Gasteiger partial charge in [-0.25, -0.2) is 8.42 Å². The molecule has 1 fully saturated rings. The molecule has 1 atom stereocenters. The van der Waals surface area contributed by atoms with Gasteiger partial charge in [0.15, 0.2) is 0 Å². The second kappa shape index (κ2) is 9.00. The standard InChI is InChI=1S/C15H32N2O2S/c1-4-5-8-12-17(14(2)3)20(18,19)13-10-15-9-6-7-11-16-15/h14-16H,4-13H2,1-3H3. The van der Waals surface area contributed by atoms with Crippen LogP contribution in [0.25, 0.3) is 0 Å². The van der Waals surface area contributed by atoms with E-state index in [0.717, 1.165) is 38.6 Å². The first-order valence-corrected chi connectivity index (χ1v) is 9.81. The minimum atomic E-state index is -3.11. The molecule has 0 aromatic carbocycles. The number of sulfonamides is 1. The fraction of sp³-hybridized carbons (Fsp3) is 1.00. The van der Waals surface area contributed by atoms with E-state index in [2.05, 4.69) is 12.2 Å². The number of hydrogen-bond acceptors (Lipinski definition) is 3. The molecule has 20 heavy (non-hydrogen) atoms. The van der Waals surface area contributed by atoms with Crippen LogP contribution >= 0.6 is 0 Å². The van der Waals surface area contributed by atoms with Crippen molar-refractivity contribution < 1.29 is 8.42 Å². The maximum Gasteiger partial charge on any atom is 0.214 e. The maximum absolute atomic E-state index is 12.5. The van der Waals surface area contributed by atoms with Crippen molar-refractivity contribution in [3.63, 3.8) is 0 Å². The molecule has 1 heterocycles. The van der Waals surface area contributed by atoms with Crippen LogP contribution in [0.4, 0.5) is 0 Å². The van der Waals surface area contributed by atoms with E-state index >= 15 is 0 Å². The smallest absolute Gasteiger partial charge is 0.214 e. The van der Waals surface area contributed by atoms with Gasteiger partial charge in [0.2, 0.25) is 10.0 Å². The zero-order valence-corrected chi connectivity index (χ0v) is 14.2. The predicted molar refractivity (Wildman–Crippen MR) is 85.4 cm³/mol. The summed E-state index contributed by atoms with van der Waals surface area (Å²) in [4.78, 5) is 0. The molecular weight excluding hydrogens is 272 g/mol. The zero-order valence-electron chi connectivity index (χ0n) is 13.4. The van der Waals surface area contributed by atoms with E-state index in [9.17, 15) is 8.42 Å². The van der Waals surface area contributed by atoms with Gasteiger partial charge in [-0.2, -0.15) is 4.31 Å². The topological polar surface area (TPSA) is 49.4 Å². The molecular formula is C15H32N2O2S. The molecule has 1 aliphatic rings. The molecule has 5 heteroatoms. The van der Waals surface area contributed by atoms with Gasteiger partial charge in [0.05, 0.1) is 5.75 Å². The van der Waals surface area contributed by atoms with Crippen LogP contribution in [0.1, 0.15) is 65.7 Å². The van der Waals surface area contributed by atoms with Gasteiger partial charge in [0.25, 0.3) is 0 Å². The average molecular weight is 305 g/mol. The Bertz CT molecular complexity index is 349. The summed E-state index contributed by atoms with van der Waals surface area (Å²) >= 11 is 0. The number of nitrogens with one attached hydrogen (secondary N) is 1. The van der Waals surface area contributed by atoms with E-state index in [-0.39, 0.29) is 11.8 Å². The maximum atomic E-state index is 12.5. The summed E-state index contributed by atoms with van der Waals surface area (Å²) < 4.78 is 26.7. The predicted octanol–water partition coefficient (Wildman–Crippen LogP) is 2.75. The normalized spacial score (nSPS) is 20.8. The molecule has 0 amide bonds. The van der Waals surface area contributed by atoms with Gasteiger partial charge < -0.3 is 5.32 Å². The van der Waals surface area contributed by atoms with Crippen molar-refractivity contribution in [3.8, 4) is 0 Å². The lowest BCUT2D eigenvalue weighted by Crippen LogP contribution is -2.41. The van der Waals surface area contributed by atoms with Crippen molar-refractivity contribution >= 4 is 10.0 Å². The van der Waals surface area contributed by atoms with Crippen LogP contribution in [0.3, 0.4) is 0 Å². The van der Waals surface area contributed by atoms with Crippen LogP contribution in [-0.4, -0.2) is 43.6 Å². The molecule has 120 valence electrons. The molecule has 0 radical (unpaired) electrons. The SMILES string of the molecule is CCCCCN(C(C)C)S(=O)(=O)CCC1CCCCN1. The molecule has 1 N–H and O–H groups in total. The Morgan fingerprint density at radius 2 is 2.00 bits per heavy atom. The number of piperidine rings is 1. The number of rotatable bonds is 9. The zero-order chi connectivity index (χ0) is 15.0. The summed E-state index contributed by atoms with van der Waals surface area (Å²) in [5.74, 6) is 0.287. The summed E-state index contributed by atoms with van der Waals surface area (Å²) in [7, 11) is -3.11. The highest BCUT2D eigenvalue weighted by atomic mass is 32.2. The number of unbranched alkanes of at least 4 members (excludes halogenated alkanes) is 2. The molecule has 4 nitrogen and oxygen atoms in total. The first kappa shape index (κ1) is 17.9. The minimum Gasteiger partial charge on any atom is -0.314 e. The average Bonchev–Trinajstić information content (AvgIpc) is 2.42. The van der Waals surface area contributed by atoms with Crippen LogP contribution in [0.5, 0.6) is 0 Å². The highest BCUT2D eigenvalue weighted by Crippen LogP contribution is 2.15. The Morgan fingerprint density at radius 3 is 2.55 bits per heavy atom. The van der Waals surface area contributed by atoms with Crippen LogP contribution in [0, 0.1) is 0 Å². The largest absolute Gasteiger partial charge is 0.314 e. The van der Waals surface area contributed by atoms with Gasteiger partial charge in [-0.1, -0.05) is 26.2 Å². The fourth-order valence-corrected chi connectivity index (χ4v) is 4.68. The molecule has 0 bridgehead atoms. The van der Waals surface area contributed by atoms with Crippen molar-refractivity contribution in [3.05, 3.63) is 0 Å². The highest BCUT2D eigenvalue weighted by molar-refractivity contribution is 7.89. The lowest BCUT2D eigenvalue weighted by molar-refractivity contribution is 0.340. The van der Waals surface area contributed by atoms with Gasteiger partial charge in [-0.05, 0) is 46.1 Å². The Balaban J connectivity index is 2.48. The Labute approximate surface area is 125 Å². The fourth-order valence-electron chi connectivity index (χ4n) is 2.81. The van der Waals surface area contributed by atoms with Gasteiger partial charge in [-0.15, -0.1) is 0 Å². The summed E-state index contributed by atoms with van der Waals surface area (Å²) in [5.41, 5.74) is 0. The van der Waals surface area contributed by atoms with E-state index in [4.69, 9.17) is 0 Å². The molecule has 1 unspecified atom stereocenters. The molecule has 0 spiro atoms. The van der Waals surface area contributed by atoms with Gasteiger partial charge in [0, 0.05) is 18.6 Å². The Hall–Kier alpha value is -0.130. The Morgan fingerprint density at radius 1 is 1.25 bits per heavy atom. The van der Waals surface area contributed by atoms with Gasteiger partial charge in [-0.3, -0.25) is 0 Å². The van der Waals surface area contributed by atoms with Crippen LogP contribution in [0.2, 0.25) is 0 Å². The lowest BCUT2D eigenvalue weighted by Gasteiger charge is -2.28. The lowest BCUT2D eigenvalue weighted by atomic mass is 10.0. The van der Waals surface area contributed by atoms with E-state index in [1.165, 1.54) is 12.8 Å². The Kier molecular flexibility index (Phi) is 8.07. The van der Waals surface area contributed by atoms with Crippen molar-refractivity contribution in [2.24, 2.45) is 0 Å². The van der Waals surface area contributed by atoms with Crippen molar-refractivity contribution in [1.29, 1.82) is 0 Å². The number of nitrogens with zero attached hydrogens (tertiary/aromatic N) is 1. The molecule has 0 saturated carbocycles. The molecule has 0 aliphatic carbocycles. The highest BCUT2D eigenvalue weighted by Gasteiger charge is 2.25. The van der Waals surface area contributed by atoms with E-state index in [1.807, 2.05) is 13.8 Å². The summed E-state index contributed by atoms with van der Waals surface area (Å²) in [5, 5.41) is 3.43. The summed E-state index contributed by atoms with van der Waals surface area (Å²) in [6.45, 7) is 7.80. The third-order valence-corrected chi connectivity index (χ3v) is 6.12. The van der Waals surface area contributed by atoms with Gasteiger partial charge in [0.1, 0.15) is 0 Å². The van der Waals surface area contributed by atoms with Gasteiger partial charge >= 0.3 is 0 Å². The van der Waals surface area contributed by atoms with Crippen LogP contribution < -0.4 is 5.32 Å². The van der Waals surface area contributed by atoms with Crippen LogP contribution in [0.15, 0.2) is 0 Å². The molecule has 1 rings (SSSR count). The third kappa shape index (κ3) is 6.10. The molecule has 0 aromatic heterocycles. The quantitative estimate of drug-likeness (QED) is 0.666. The van der Waals surface area contributed by atoms with Crippen molar-refractivity contribution in [2.45, 2.75) is 77.8 Å². The third-order valence-electron chi connectivity index (χ3n) is 4.05. The van der Waals surface area contributed by atoms with E-state index in [0.29, 0.717) is 12.6 Å². The van der Waals surface area contributed by atoms with Crippen molar-refractivity contribution in [1.82, 2.24) is 9.62 Å². The van der Waals surface area contributed by atoms with E-state index < -0.39 is 10.0 Å². The molecule has 1 aliphatic heterocycles. The summed E-state index contributed by atoms with van der Waals surface area (Å²) in [6.07, 6.45) is 7.50.